The number of amides is 2. The lowest BCUT2D eigenvalue weighted by Crippen LogP contribution is -2.55. The van der Waals surface area contributed by atoms with Crippen LogP contribution in [0.25, 0.3) is 0 Å². The molecule has 0 heterocycles. The normalized spacial score (nSPS) is 12.7. The minimum atomic E-state index is -1.12. The Kier molecular flexibility index (Phi) is 7.18. The maximum absolute atomic E-state index is 12.2. The van der Waals surface area contributed by atoms with E-state index in [2.05, 4.69) is 5.32 Å². The minimum absolute atomic E-state index is 0.214. The Hall–Kier alpha value is -1.79. The molecule has 7 heteroatoms. The molecular weight excluding hydrogens is 276 g/mol. The fraction of sp³-hybridized carbons (Fsp3) is 0.786. The Balaban J connectivity index is 4.97. The van der Waals surface area contributed by atoms with E-state index in [9.17, 15) is 19.5 Å². The van der Waals surface area contributed by atoms with Crippen LogP contribution < -0.4 is 5.32 Å². The van der Waals surface area contributed by atoms with Crippen LogP contribution >= 0.6 is 0 Å². The lowest BCUT2D eigenvalue weighted by atomic mass is 9.87. The number of ether oxygens (including phenoxy) is 1. The van der Waals surface area contributed by atoms with Crippen molar-refractivity contribution in [2.75, 3.05) is 13.2 Å². The Bertz CT molecular complexity index is 387. The number of aliphatic carboxylic acids is 1. The average Bonchev–Trinajstić information content (AvgIpc) is 2.30. The standard InChI is InChI=1S/C14H26N2O5/c1-7-21-10(17)8-16(9(2)3)13(20)15-11(12(18)19)14(4,5)6/h9,11H,7-8H2,1-6H3,(H,15,20)(H,18,19)/t11-/m0/s1. The first-order valence-corrected chi connectivity index (χ1v) is 6.96. The van der Waals surface area contributed by atoms with Crippen LogP contribution in [0, 0.1) is 5.41 Å². The predicted octanol–water partition coefficient (Wildman–Crippen LogP) is 1.47. The summed E-state index contributed by atoms with van der Waals surface area (Å²) in [5.41, 5.74) is -0.645. The van der Waals surface area contributed by atoms with Crippen molar-refractivity contribution in [1.82, 2.24) is 10.2 Å². The molecular formula is C14H26N2O5. The van der Waals surface area contributed by atoms with Gasteiger partial charge in [0.25, 0.3) is 0 Å². The molecule has 0 aromatic carbocycles. The van der Waals surface area contributed by atoms with Crippen molar-refractivity contribution in [3.05, 3.63) is 0 Å². The molecule has 0 saturated carbocycles. The van der Waals surface area contributed by atoms with E-state index in [1.165, 1.54) is 4.90 Å². The van der Waals surface area contributed by atoms with Gasteiger partial charge in [-0.15, -0.1) is 0 Å². The summed E-state index contributed by atoms with van der Waals surface area (Å²) in [6, 6.07) is -1.90. The number of carbonyl (C=O) groups excluding carboxylic acids is 2. The van der Waals surface area contributed by atoms with Crippen LogP contribution in [-0.4, -0.2) is 53.2 Å². The average molecular weight is 302 g/mol. The van der Waals surface area contributed by atoms with E-state index in [-0.39, 0.29) is 19.2 Å². The zero-order valence-corrected chi connectivity index (χ0v) is 13.6. The van der Waals surface area contributed by atoms with E-state index in [4.69, 9.17) is 4.74 Å². The lowest BCUT2D eigenvalue weighted by Gasteiger charge is -2.32. The topological polar surface area (TPSA) is 95.9 Å². The summed E-state index contributed by atoms with van der Waals surface area (Å²) in [6.45, 7) is 10.3. The van der Waals surface area contributed by atoms with Crippen LogP contribution in [0.3, 0.4) is 0 Å². The summed E-state index contributed by atoms with van der Waals surface area (Å²) in [4.78, 5) is 36.3. The van der Waals surface area contributed by atoms with Crippen molar-refractivity contribution in [2.45, 2.75) is 53.6 Å². The second kappa shape index (κ2) is 7.85. The Morgan fingerprint density at radius 1 is 1.24 bits per heavy atom. The van der Waals surface area contributed by atoms with Crippen molar-refractivity contribution in [3.8, 4) is 0 Å². The summed E-state index contributed by atoms with van der Waals surface area (Å²) in [7, 11) is 0. The van der Waals surface area contributed by atoms with E-state index in [0.717, 1.165) is 0 Å². The van der Waals surface area contributed by atoms with Crippen LogP contribution in [-0.2, 0) is 14.3 Å². The third-order valence-electron chi connectivity index (χ3n) is 2.87. The largest absolute Gasteiger partial charge is 0.480 e. The van der Waals surface area contributed by atoms with E-state index in [1.807, 2.05) is 0 Å². The van der Waals surface area contributed by atoms with Gasteiger partial charge in [0.05, 0.1) is 6.61 Å². The van der Waals surface area contributed by atoms with Gasteiger partial charge in [0, 0.05) is 6.04 Å². The predicted molar refractivity (Wildman–Crippen MR) is 77.9 cm³/mol. The number of carboxylic acids is 1. The van der Waals surface area contributed by atoms with Crippen molar-refractivity contribution in [2.24, 2.45) is 5.41 Å². The Labute approximate surface area is 125 Å². The number of nitrogens with one attached hydrogen (secondary N) is 1. The first kappa shape index (κ1) is 19.2. The molecule has 0 spiro atoms. The van der Waals surface area contributed by atoms with Crippen molar-refractivity contribution in [3.63, 3.8) is 0 Å². The van der Waals surface area contributed by atoms with Crippen molar-refractivity contribution < 1.29 is 24.2 Å². The third-order valence-corrected chi connectivity index (χ3v) is 2.87. The van der Waals surface area contributed by atoms with Crippen molar-refractivity contribution >= 4 is 18.0 Å². The van der Waals surface area contributed by atoms with Gasteiger partial charge in [-0.25, -0.2) is 9.59 Å². The summed E-state index contributed by atoms with van der Waals surface area (Å²) in [5, 5.41) is 11.7. The maximum atomic E-state index is 12.2. The molecule has 0 aromatic rings. The molecule has 1 atom stereocenters. The molecule has 2 N–H and O–H groups in total. The molecule has 0 saturated heterocycles. The van der Waals surface area contributed by atoms with E-state index in [0.29, 0.717) is 0 Å². The molecule has 122 valence electrons. The van der Waals surface area contributed by atoms with Crippen molar-refractivity contribution in [1.29, 1.82) is 0 Å². The molecule has 0 fully saturated rings. The highest BCUT2D eigenvalue weighted by Crippen LogP contribution is 2.19. The monoisotopic (exact) mass is 302 g/mol. The number of carboxylic acid groups (broad SMARTS) is 1. The van der Waals surface area contributed by atoms with Crippen LogP contribution in [0.5, 0.6) is 0 Å². The van der Waals surface area contributed by atoms with Gasteiger partial charge >= 0.3 is 18.0 Å². The molecule has 0 rings (SSSR count). The lowest BCUT2D eigenvalue weighted by molar-refractivity contribution is -0.144. The summed E-state index contributed by atoms with van der Waals surface area (Å²) in [6.07, 6.45) is 0. The summed E-state index contributed by atoms with van der Waals surface area (Å²) in [5.74, 6) is -1.64. The second-order valence-electron chi connectivity index (χ2n) is 6.11. The number of urea groups is 1. The molecule has 2 amide bonds. The Morgan fingerprint density at radius 3 is 2.10 bits per heavy atom. The minimum Gasteiger partial charge on any atom is -0.480 e. The van der Waals surface area contributed by atoms with Gasteiger partial charge in [0.1, 0.15) is 12.6 Å². The molecule has 0 radical (unpaired) electrons. The molecule has 0 aliphatic heterocycles. The molecule has 0 aliphatic carbocycles. The highest BCUT2D eigenvalue weighted by Gasteiger charge is 2.34. The molecule has 7 nitrogen and oxygen atoms in total. The van der Waals surface area contributed by atoms with Gasteiger partial charge < -0.3 is 20.1 Å². The van der Waals surface area contributed by atoms with E-state index < -0.39 is 29.4 Å². The van der Waals surface area contributed by atoms with Crippen LogP contribution in [0.4, 0.5) is 4.79 Å². The molecule has 0 aliphatic rings. The number of hydrogen-bond donors (Lipinski definition) is 2. The number of nitrogens with zero attached hydrogens (tertiary/aromatic N) is 1. The first-order chi connectivity index (χ1) is 9.50. The number of rotatable bonds is 6. The molecule has 21 heavy (non-hydrogen) atoms. The first-order valence-electron chi connectivity index (χ1n) is 6.96. The summed E-state index contributed by atoms with van der Waals surface area (Å²) < 4.78 is 4.82. The highest BCUT2D eigenvalue weighted by atomic mass is 16.5. The molecule has 0 unspecified atom stereocenters. The van der Waals surface area contributed by atoms with E-state index >= 15 is 0 Å². The van der Waals surface area contributed by atoms with Crippen LogP contribution in [0.15, 0.2) is 0 Å². The zero-order chi connectivity index (χ0) is 16.8. The van der Waals surface area contributed by atoms with Crippen LogP contribution in [0.1, 0.15) is 41.5 Å². The van der Waals surface area contributed by atoms with Gasteiger partial charge in [-0.05, 0) is 26.2 Å². The van der Waals surface area contributed by atoms with Gasteiger partial charge in [0.15, 0.2) is 0 Å². The smallest absolute Gasteiger partial charge is 0.326 e. The molecule has 0 aromatic heterocycles. The zero-order valence-electron chi connectivity index (χ0n) is 13.6. The Morgan fingerprint density at radius 2 is 1.76 bits per heavy atom. The highest BCUT2D eigenvalue weighted by molar-refractivity contribution is 5.85. The third kappa shape index (κ3) is 6.46. The SMILES string of the molecule is CCOC(=O)CN(C(=O)N[C@@H](C(=O)O)C(C)(C)C)C(C)C. The fourth-order valence-corrected chi connectivity index (χ4v) is 1.69. The second-order valence-corrected chi connectivity index (χ2v) is 6.11. The number of hydrogen-bond acceptors (Lipinski definition) is 4. The van der Waals surface area contributed by atoms with Gasteiger partial charge in [-0.1, -0.05) is 20.8 Å². The van der Waals surface area contributed by atoms with Gasteiger partial charge in [-0.3, -0.25) is 4.79 Å². The van der Waals surface area contributed by atoms with Gasteiger partial charge in [-0.2, -0.15) is 0 Å². The summed E-state index contributed by atoms with van der Waals surface area (Å²) >= 11 is 0. The quantitative estimate of drug-likeness (QED) is 0.724. The van der Waals surface area contributed by atoms with Crippen LogP contribution in [0.2, 0.25) is 0 Å². The molecule has 0 bridgehead atoms. The number of carbonyl (C=O) groups is 3. The fourth-order valence-electron chi connectivity index (χ4n) is 1.69. The van der Waals surface area contributed by atoms with E-state index in [1.54, 1.807) is 41.5 Å². The number of esters is 1. The van der Waals surface area contributed by atoms with Gasteiger partial charge in [0.2, 0.25) is 0 Å². The maximum Gasteiger partial charge on any atom is 0.326 e.